The molecule has 22 heavy (non-hydrogen) atoms. The number of hydrogen-bond acceptors (Lipinski definition) is 4. The molecule has 0 aliphatic rings. The Morgan fingerprint density at radius 3 is 2.55 bits per heavy atom. The first-order valence-electron chi connectivity index (χ1n) is 6.66. The van der Waals surface area contributed by atoms with Gasteiger partial charge in [-0.15, -0.1) is 0 Å². The molecule has 0 atom stereocenters. The molecule has 0 saturated carbocycles. The summed E-state index contributed by atoms with van der Waals surface area (Å²) in [6, 6.07) is 13.0. The number of hydrogen-bond donors (Lipinski definition) is 3. The Bertz CT molecular complexity index is 669. The number of carbonyl (C=O) groups excluding carboxylic acids is 2. The van der Waals surface area contributed by atoms with Crippen LogP contribution in [0.15, 0.2) is 48.5 Å². The molecule has 114 valence electrons. The molecule has 2 aromatic rings. The number of amides is 3. The Balaban J connectivity index is 1.87. The zero-order valence-electron chi connectivity index (χ0n) is 12.1. The SMILES string of the molecule is COc1cccc(CNC(=O)NC(=O)c2ccc(N)cc2)c1. The molecule has 0 heterocycles. The van der Waals surface area contributed by atoms with Crippen LogP contribution in [0.1, 0.15) is 15.9 Å². The highest BCUT2D eigenvalue weighted by Gasteiger charge is 2.09. The molecule has 0 aliphatic carbocycles. The fourth-order valence-electron chi connectivity index (χ4n) is 1.82. The maximum atomic E-state index is 11.8. The molecule has 0 fully saturated rings. The third-order valence-corrected chi connectivity index (χ3v) is 2.99. The highest BCUT2D eigenvalue weighted by atomic mass is 16.5. The third-order valence-electron chi connectivity index (χ3n) is 2.99. The van der Waals surface area contributed by atoms with Crippen LogP contribution in [0, 0.1) is 0 Å². The molecule has 0 unspecified atom stereocenters. The summed E-state index contributed by atoms with van der Waals surface area (Å²) in [6.45, 7) is 0.290. The molecule has 2 aromatic carbocycles. The van der Waals surface area contributed by atoms with Crippen molar-refractivity contribution in [2.75, 3.05) is 12.8 Å². The van der Waals surface area contributed by atoms with Gasteiger partial charge in [0.1, 0.15) is 5.75 Å². The lowest BCUT2D eigenvalue weighted by Gasteiger charge is -2.08. The van der Waals surface area contributed by atoms with Gasteiger partial charge in [-0.2, -0.15) is 0 Å². The van der Waals surface area contributed by atoms with Gasteiger partial charge in [0.05, 0.1) is 7.11 Å². The van der Waals surface area contributed by atoms with E-state index in [0.29, 0.717) is 17.0 Å². The van der Waals surface area contributed by atoms with E-state index in [0.717, 1.165) is 5.56 Å². The molecule has 2 rings (SSSR count). The Morgan fingerprint density at radius 2 is 1.86 bits per heavy atom. The average molecular weight is 299 g/mol. The number of anilines is 1. The van der Waals surface area contributed by atoms with Gasteiger partial charge < -0.3 is 15.8 Å². The predicted molar refractivity (Wildman–Crippen MR) is 83.6 cm³/mol. The summed E-state index contributed by atoms with van der Waals surface area (Å²) in [4.78, 5) is 23.6. The molecule has 0 aromatic heterocycles. The van der Waals surface area contributed by atoms with Crippen LogP contribution in [-0.4, -0.2) is 19.0 Å². The van der Waals surface area contributed by atoms with E-state index >= 15 is 0 Å². The molecule has 3 amide bonds. The van der Waals surface area contributed by atoms with Crippen LogP contribution in [0.2, 0.25) is 0 Å². The van der Waals surface area contributed by atoms with Crippen molar-refractivity contribution < 1.29 is 14.3 Å². The molecule has 0 saturated heterocycles. The van der Waals surface area contributed by atoms with E-state index in [1.165, 1.54) is 0 Å². The van der Waals surface area contributed by atoms with E-state index < -0.39 is 11.9 Å². The smallest absolute Gasteiger partial charge is 0.321 e. The van der Waals surface area contributed by atoms with Crippen molar-refractivity contribution in [1.29, 1.82) is 0 Å². The average Bonchev–Trinajstić information content (AvgIpc) is 2.53. The van der Waals surface area contributed by atoms with Crippen molar-refractivity contribution in [2.24, 2.45) is 0 Å². The van der Waals surface area contributed by atoms with Crippen LogP contribution >= 0.6 is 0 Å². The maximum Gasteiger partial charge on any atom is 0.321 e. The van der Waals surface area contributed by atoms with Crippen LogP contribution in [0.4, 0.5) is 10.5 Å². The second-order valence-corrected chi connectivity index (χ2v) is 4.61. The lowest BCUT2D eigenvalue weighted by Crippen LogP contribution is -2.39. The van der Waals surface area contributed by atoms with Crippen LogP contribution in [0.25, 0.3) is 0 Å². The van der Waals surface area contributed by atoms with Gasteiger partial charge in [0, 0.05) is 17.8 Å². The zero-order chi connectivity index (χ0) is 15.9. The Labute approximate surface area is 128 Å². The lowest BCUT2D eigenvalue weighted by atomic mass is 10.2. The fraction of sp³-hybridized carbons (Fsp3) is 0.125. The van der Waals surface area contributed by atoms with E-state index in [1.807, 2.05) is 24.3 Å². The van der Waals surface area contributed by atoms with Gasteiger partial charge in [-0.25, -0.2) is 4.79 Å². The summed E-state index contributed by atoms with van der Waals surface area (Å²) in [6.07, 6.45) is 0. The highest BCUT2D eigenvalue weighted by Crippen LogP contribution is 2.12. The number of nitrogens with two attached hydrogens (primary N) is 1. The number of urea groups is 1. The number of rotatable bonds is 4. The number of nitrogens with one attached hydrogen (secondary N) is 2. The van der Waals surface area contributed by atoms with Crippen LogP contribution in [0.3, 0.4) is 0 Å². The first-order valence-corrected chi connectivity index (χ1v) is 6.66. The van der Waals surface area contributed by atoms with Crippen LogP contribution < -0.4 is 21.1 Å². The standard InChI is InChI=1S/C16H17N3O3/c1-22-14-4-2-3-11(9-14)10-18-16(21)19-15(20)12-5-7-13(17)8-6-12/h2-9H,10,17H2,1H3,(H2,18,19,20,21). The van der Waals surface area contributed by atoms with Gasteiger partial charge in [-0.1, -0.05) is 12.1 Å². The minimum atomic E-state index is -0.565. The van der Waals surface area contributed by atoms with Crippen molar-refractivity contribution in [3.05, 3.63) is 59.7 Å². The summed E-state index contributed by atoms with van der Waals surface area (Å²) < 4.78 is 5.10. The molecule has 0 radical (unpaired) electrons. The normalized spacial score (nSPS) is 9.86. The van der Waals surface area contributed by atoms with Gasteiger partial charge in [0.2, 0.25) is 0 Å². The largest absolute Gasteiger partial charge is 0.497 e. The Hall–Kier alpha value is -3.02. The Kier molecular flexibility index (Phi) is 4.98. The fourth-order valence-corrected chi connectivity index (χ4v) is 1.82. The van der Waals surface area contributed by atoms with E-state index in [2.05, 4.69) is 10.6 Å². The Morgan fingerprint density at radius 1 is 1.14 bits per heavy atom. The molecule has 0 aliphatic heterocycles. The van der Waals surface area contributed by atoms with E-state index in [9.17, 15) is 9.59 Å². The quantitative estimate of drug-likeness (QED) is 0.752. The van der Waals surface area contributed by atoms with Crippen molar-refractivity contribution in [3.63, 3.8) is 0 Å². The summed E-state index contributed by atoms with van der Waals surface area (Å²) >= 11 is 0. The molecule has 6 nitrogen and oxygen atoms in total. The maximum absolute atomic E-state index is 11.8. The number of nitrogen functional groups attached to an aromatic ring is 1. The monoisotopic (exact) mass is 299 g/mol. The van der Waals surface area contributed by atoms with Gasteiger partial charge in [-0.05, 0) is 42.0 Å². The summed E-state index contributed by atoms with van der Waals surface area (Å²) in [5.41, 5.74) is 7.33. The van der Waals surface area contributed by atoms with Gasteiger partial charge in [0.15, 0.2) is 0 Å². The second-order valence-electron chi connectivity index (χ2n) is 4.61. The predicted octanol–water partition coefficient (Wildman–Crippen LogP) is 1.92. The minimum absolute atomic E-state index is 0.290. The zero-order valence-corrected chi connectivity index (χ0v) is 12.1. The number of ether oxygens (including phenoxy) is 1. The first-order chi connectivity index (χ1) is 10.6. The molecule has 6 heteroatoms. The number of carbonyl (C=O) groups is 2. The summed E-state index contributed by atoms with van der Waals surface area (Å²) in [5.74, 6) is 0.223. The first kappa shape index (κ1) is 15.4. The molecular formula is C16H17N3O3. The summed E-state index contributed by atoms with van der Waals surface area (Å²) in [7, 11) is 1.57. The topological polar surface area (TPSA) is 93.5 Å². The molecule has 4 N–H and O–H groups in total. The van der Waals surface area contributed by atoms with Crippen molar-refractivity contribution in [1.82, 2.24) is 10.6 Å². The number of benzene rings is 2. The van der Waals surface area contributed by atoms with Crippen LogP contribution in [0.5, 0.6) is 5.75 Å². The van der Waals surface area contributed by atoms with Crippen LogP contribution in [-0.2, 0) is 6.54 Å². The van der Waals surface area contributed by atoms with E-state index in [1.54, 1.807) is 31.4 Å². The second kappa shape index (κ2) is 7.12. The van der Waals surface area contributed by atoms with Gasteiger partial charge in [0.25, 0.3) is 5.91 Å². The lowest BCUT2D eigenvalue weighted by molar-refractivity contribution is 0.0964. The van der Waals surface area contributed by atoms with Gasteiger partial charge in [-0.3, -0.25) is 10.1 Å². The van der Waals surface area contributed by atoms with E-state index in [4.69, 9.17) is 10.5 Å². The third kappa shape index (κ3) is 4.24. The van der Waals surface area contributed by atoms with E-state index in [-0.39, 0.29) is 6.54 Å². The van der Waals surface area contributed by atoms with Gasteiger partial charge >= 0.3 is 6.03 Å². The summed E-state index contributed by atoms with van der Waals surface area (Å²) in [5, 5.41) is 4.86. The van der Waals surface area contributed by atoms with Crippen molar-refractivity contribution in [2.45, 2.75) is 6.54 Å². The van der Waals surface area contributed by atoms with Crippen molar-refractivity contribution in [3.8, 4) is 5.75 Å². The number of imide groups is 1. The molecule has 0 bridgehead atoms. The molecular weight excluding hydrogens is 282 g/mol. The van der Waals surface area contributed by atoms with Crippen molar-refractivity contribution >= 4 is 17.6 Å². The number of methoxy groups -OCH3 is 1. The minimum Gasteiger partial charge on any atom is -0.497 e. The molecule has 0 spiro atoms. The highest BCUT2D eigenvalue weighted by molar-refractivity contribution is 6.04.